The maximum atomic E-state index is 14.0. The van der Waals surface area contributed by atoms with Crippen molar-refractivity contribution in [3.63, 3.8) is 0 Å². The molecule has 11 heteroatoms. The Bertz CT molecular complexity index is 1160. The van der Waals surface area contributed by atoms with Crippen molar-refractivity contribution in [2.75, 3.05) is 26.6 Å². The predicted molar refractivity (Wildman–Crippen MR) is 114 cm³/mol. The lowest BCUT2D eigenvalue weighted by Crippen LogP contribution is -2.35. The van der Waals surface area contributed by atoms with Crippen molar-refractivity contribution in [3.05, 3.63) is 53.9 Å². The minimum Gasteiger partial charge on any atom is -0.493 e. The van der Waals surface area contributed by atoms with Gasteiger partial charge in [-0.15, -0.1) is 0 Å². The summed E-state index contributed by atoms with van der Waals surface area (Å²) in [4.78, 5) is 15.8. The van der Waals surface area contributed by atoms with Crippen LogP contribution < -0.4 is 20.1 Å². The van der Waals surface area contributed by atoms with Crippen LogP contribution in [-0.4, -0.2) is 48.1 Å². The Balaban J connectivity index is 1.70. The van der Waals surface area contributed by atoms with Gasteiger partial charge in [0.15, 0.2) is 17.5 Å². The smallest absolute Gasteiger partial charge is 0.410 e. The first-order chi connectivity index (χ1) is 15.7. The summed E-state index contributed by atoms with van der Waals surface area (Å²) < 4.78 is 53.4. The Kier molecular flexibility index (Phi) is 5.88. The first kappa shape index (κ1) is 22.4. The summed E-state index contributed by atoms with van der Waals surface area (Å²) in [6, 6.07) is 7.23. The predicted octanol–water partition coefficient (Wildman–Crippen LogP) is 3.98. The summed E-state index contributed by atoms with van der Waals surface area (Å²) in [5.74, 6) is 0.794. The second-order valence-electron chi connectivity index (χ2n) is 7.48. The van der Waals surface area contributed by atoms with E-state index in [0.717, 1.165) is 4.68 Å². The Labute approximate surface area is 187 Å². The fourth-order valence-electron chi connectivity index (χ4n) is 3.81. The molecular weight excluding hydrogens is 439 g/mol. The molecule has 0 bridgehead atoms. The van der Waals surface area contributed by atoms with Crippen LogP contribution in [0.2, 0.25) is 0 Å². The number of fused-ring (bicyclic) bond motifs is 1. The molecule has 3 aromatic rings. The molecule has 1 amide bonds. The van der Waals surface area contributed by atoms with Crippen LogP contribution in [0.1, 0.15) is 34.6 Å². The highest BCUT2D eigenvalue weighted by molar-refractivity contribution is 5.92. The van der Waals surface area contributed by atoms with E-state index in [-0.39, 0.29) is 23.8 Å². The minimum absolute atomic E-state index is 0.199. The molecule has 2 atom stereocenters. The summed E-state index contributed by atoms with van der Waals surface area (Å²) in [6.45, 7) is 0. The van der Waals surface area contributed by atoms with E-state index in [2.05, 4.69) is 20.7 Å². The van der Waals surface area contributed by atoms with Crippen molar-refractivity contribution in [3.8, 4) is 22.8 Å². The Morgan fingerprint density at radius 2 is 1.91 bits per heavy atom. The molecule has 0 spiro atoms. The van der Waals surface area contributed by atoms with Crippen LogP contribution in [-0.2, 0) is 0 Å². The van der Waals surface area contributed by atoms with Gasteiger partial charge in [-0.05, 0) is 29.8 Å². The van der Waals surface area contributed by atoms with Crippen LogP contribution >= 0.6 is 0 Å². The number of benzene rings is 1. The fourth-order valence-corrected chi connectivity index (χ4v) is 3.81. The fraction of sp³-hybridized carbons (Fsp3) is 0.318. The third-order valence-corrected chi connectivity index (χ3v) is 5.52. The molecule has 0 aliphatic carbocycles. The molecule has 0 fully saturated rings. The highest BCUT2D eigenvalue weighted by Gasteiger charge is 2.46. The Hall–Kier alpha value is -3.76. The van der Waals surface area contributed by atoms with Crippen LogP contribution in [0, 0.1) is 0 Å². The average Bonchev–Trinajstić information content (AvgIpc) is 3.26. The number of anilines is 1. The van der Waals surface area contributed by atoms with Crippen LogP contribution in [0.25, 0.3) is 11.3 Å². The molecule has 1 aliphatic heterocycles. The molecule has 2 aromatic heterocycles. The highest BCUT2D eigenvalue weighted by atomic mass is 19.4. The molecule has 0 saturated heterocycles. The molecule has 1 aromatic carbocycles. The minimum atomic E-state index is -4.50. The van der Waals surface area contributed by atoms with Crippen LogP contribution in [0.3, 0.4) is 0 Å². The summed E-state index contributed by atoms with van der Waals surface area (Å²) in [6.07, 6.45) is -3.34. The van der Waals surface area contributed by atoms with Gasteiger partial charge in [0.2, 0.25) is 0 Å². The average molecular weight is 461 g/mol. The molecule has 174 valence electrons. The van der Waals surface area contributed by atoms with E-state index < -0.39 is 18.3 Å². The monoisotopic (exact) mass is 461 g/mol. The second kappa shape index (κ2) is 8.64. The Morgan fingerprint density at radius 3 is 2.52 bits per heavy atom. The van der Waals surface area contributed by atoms with Gasteiger partial charge in [-0.2, -0.15) is 18.3 Å². The van der Waals surface area contributed by atoms with Gasteiger partial charge in [0.1, 0.15) is 11.5 Å². The number of amides is 1. The quantitative estimate of drug-likeness (QED) is 0.598. The van der Waals surface area contributed by atoms with Crippen LogP contribution in [0.4, 0.5) is 19.0 Å². The van der Waals surface area contributed by atoms with E-state index >= 15 is 0 Å². The molecule has 3 heterocycles. The zero-order valence-corrected chi connectivity index (χ0v) is 18.1. The maximum Gasteiger partial charge on any atom is 0.410 e. The van der Waals surface area contributed by atoms with Crippen molar-refractivity contribution in [1.82, 2.24) is 20.1 Å². The number of hydrogen-bond acceptors (Lipinski definition) is 6. The lowest BCUT2D eigenvalue weighted by atomic mass is 9.96. The lowest BCUT2D eigenvalue weighted by molar-refractivity contribution is -0.173. The van der Waals surface area contributed by atoms with E-state index in [4.69, 9.17) is 9.47 Å². The molecule has 2 N–H and O–H groups in total. The summed E-state index contributed by atoms with van der Waals surface area (Å²) in [5, 5.41) is 9.82. The third-order valence-electron chi connectivity index (χ3n) is 5.52. The highest BCUT2D eigenvalue weighted by Crippen LogP contribution is 2.45. The van der Waals surface area contributed by atoms with Crippen molar-refractivity contribution in [1.29, 1.82) is 0 Å². The van der Waals surface area contributed by atoms with E-state index in [9.17, 15) is 18.0 Å². The van der Waals surface area contributed by atoms with Gasteiger partial charge in [-0.1, -0.05) is 6.07 Å². The number of rotatable bonds is 5. The van der Waals surface area contributed by atoms with Gasteiger partial charge in [0.05, 0.1) is 26.0 Å². The number of nitrogens with zero attached hydrogens (tertiary/aromatic N) is 3. The lowest BCUT2D eigenvalue weighted by Gasteiger charge is -2.33. The zero-order chi connectivity index (χ0) is 23.8. The van der Waals surface area contributed by atoms with Gasteiger partial charge in [0.25, 0.3) is 5.91 Å². The van der Waals surface area contributed by atoms with Crippen LogP contribution in [0.5, 0.6) is 11.5 Å². The van der Waals surface area contributed by atoms with Gasteiger partial charge in [0, 0.05) is 31.3 Å². The SMILES string of the molecule is CNC(=O)c1ccc(-c2cc3n(n2)C(C(F)(F)F)CC(c2ccc(OC)c(OC)c2)N3)cn1. The molecule has 4 rings (SSSR count). The number of hydrogen-bond donors (Lipinski definition) is 2. The normalized spacial score (nSPS) is 17.6. The molecule has 2 unspecified atom stereocenters. The standard InChI is InChI=1S/C22H22F3N5O3/c1-26-21(31)14-6-4-13(11-27-14)16-10-20-28-15(9-19(22(23,24)25)30(20)29-16)12-5-7-17(32-2)18(8-12)33-3/h4-8,10-11,15,19,28H,9H2,1-3H3,(H,26,31). The van der Waals surface area contributed by atoms with Crippen molar-refractivity contribution >= 4 is 11.7 Å². The number of pyridine rings is 1. The number of carbonyl (C=O) groups excluding carboxylic acids is 1. The first-order valence-corrected chi connectivity index (χ1v) is 10.1. The largest absolute Gasteiger partial charge is 0.493 e. The summed E-state index contributed by atoms with van der Waals surface area (Å²) >= 11 is 0. The van der Waals surface area contributed by atoms with Gasteiger partial charge < -0.3 is 20.1 Å². The maximum absolute atomic E-state index is 14.0. The van der Waals surface area contributed by atoms with Crippen molar-refractivity contribution < 1.29 is 27.4 Å². The van der Waals surface area contributed by atoms with Gasteiger partial charge >= 0.3 is 6.18 Å². The van der Waals surface area contributed by atoms with E-state index in [1.54, 1.807) is 30.3 Å². The van der Waals surface area contributed by atoms with E-state index in [1.807, 2.05) is 0 Å². The summed E-state index contributed by atoms with van der Waals surface area (Å²) in [5.41, 5.74) is 1.64. The zero-order valence-electron chi connectivity index (χ0n) is 18.1. The molecule has 0 saturated carbocycles. The molecule has 33 heavy (non-hydrogen) atoms. The molecule has 8 nitrogen and oxygen atoms in total. The topological polar surface area (TPSA) is 90.3 Å². The van der Waals surface area contributed by atoms with Crippen molar-refractivity contribution in [2.24, 2.45) is 0 Å². The number of ether oxygens (including phenoxy) is 2. The number of alkyl halides is 3. The number of halogens is 3. The third kappa shape index (κ3) is 4.30. The molecule has 1 aliphatic rings. The number of methoxy groups -OCH3 is 2. The van der Waals surface area contributed by atoms with E-state index in [0.29, 0.717) is 28.3 Å². The summed E-state index contributed by atoms with van der Waals surface area (Å²) in [7, 11) is 4.45. The van der Waals surface area contributed by atoms with Gasteiger partial charge in [-0.25, -0.2) is 4.68 Å². The van der Waals surface area contributed by atoms with Gasteiger partial charge in [-0.3, -0.25) is 9.78 Å². The van der Waals surface area contributed by atoms with E-state index in [1.165, 1.54) is 33.5 Å². The van der Waals surface area contributed by atoms with Crippen molar-refractivity contribution in [2.45, 2.75) is 24.7 Å². The van der Waals surface area contributed by atoms with Crippen LogP contribution in [0.15, 0.2) is 42.6 Å². The number of aromatic nitrogens is 3. The Morgan fingerprint density at radius 1 is 1.15 bits per heavy atom. The first-order valence-electron chi connectivity index (χ1n) is 10.1. The number of nitrogens with one attached hydrogen (secondary N) is 2. The number of carbonyl (C=O) groups is 1. The second-order valence-corrected chi connectivity index (χ2v) is 7.48. The molecular formula is C22H22F3N5O3. The molecule has 0 radical (unpaired) electrons.